The number of hydrogen-bond acceptors (Lipinski definition) is 7. The molecule has 0 bridgehead atoms. The molecule has 0 radical (unpaired) electrons. The second-order valence-electron chi connectivity index (χ2n) is 7.67. The van der Waals surface area contributed by atoms with E-state index in [1.54, 1.807) is 38.9 Å². The van der Waals surface area contributed by atoms with E-state index < -0.39 is 0 Å². The van der Waals surface area contributed by atoms with Crippen LogP contribution in [0.1, 0.15) is 35.8 Å². The normalized spacial score (nSPS) is 11.1. The van der Waals surface area contributed by atoms with Gasteiger partial charge in [0.25, 0.3) is 5.91 Å². The van der Waals surface area contributed by atoms with E-state index in [9.17, 15) is 4.79 Å². The molecule has 0 aliphatic heterocycles. The molecule has 3 aromatic heterocycles. The van der Waals surface area contributed by atoms with E-state index in [4.69, 9.17) is 19.2 Å². The van der Waals surface area contributed by atoms with Crippen molar-refractivity contribution in [3.05, 3.63) is 53.0 Å². The molecule has 0 atom stereocenters. The van der Waals surface area contributed by atoms with Crippen molar-refractivity contribution in [3.63, 3.8) is 0 Å². The molecule has 172 valence electrons. The molecule has 1 aromatic carbocycles. The van der Waals surface area contributed by atoms with Crippen LogP contribution in [0.25, 0.3) is 21.6 Å². The zero-order chi connectivity index (χ0) is 23.5. The van der Waals surface area contributed by atoms with Gasteiger partial charge in [-0.25, -0.2) is 9.67 Å². The van der Waals surface area contributed by atoms with Crippen molar-refractivity contribution in [1.29, 1.82) is 0 Å². The molecule has 0 unspecified atom stereocenters. The van der Waals surface area contributed by atoms with Gasteiger partial charge in [-0.2, -0.15) is 5.10 Å². The number of aromatic nitrogens is 3. The number of hydrogen-bond donors (Lipinski definition) is 1. The lowest BCUT2D eigenvalue weighted by molar-refractivity contribution is 0.0952. The SMILES string of the molecule is COc1cc(CNC(=O)c2cc(-c3cccs3)nc3c2cnn3C(C)C)cc(OC)c1OC. The molecule has 33 heavy (non-hydrogen) atoms. The number of rotatable bonds is 8. The minimum atomic E-state index is -0.211. The van der Waals surface area contributed by atoms with Crippen molar-refractivity contribution >= 4 is 28.3 Å². The predicted octanol–water partition coefficient (Wildman–Crippen LogP) is 4.70. The lowest BCUT2D eigenvalue weighted by Crippen LogP contribution is -2.23. The number of nitrogens with zero attached hydrogens (tertiary/aromatic N) is 3. The summed E-state index contributed by atoms with van der Waals surface area (Å²) in [6.45, 7) is 4.36. The van der Waals surface area contributed by atoms with Gasteiger partial charge in [-0.1, -0.05) is 6.07 Å². The Kier molecular flexibility index (Phi) is 6.50. The van der Waals surface area contributed by atoms with Crippen LogP contribution in [0.2, 0.25) is 0 Å². The number of benzene rings is 1. The zero-order valence-electron chi connectivity index (χ0n) is 19.2. The average Bonchev–Trinajstić information content (AvgIpc) is 3.51. The van der Waals surface area contributed by atoms with Crippen LogP contribution in [0.3, 0.4) is 0 Å². The van der Waals surface area contributed by atoms with Gasteiger partial charge in [-0.3, -0.25) is 4.79 Å². The Morgan fingerprint density at radius 2 is 1.85 bits per heavy atom. The molecule has 0 aliphatic rings. The molecule has 0 spiro atoms. The average molecular weight is 467 g/mol. The predicted molar refractivity (Wildman–Crippen MR) is 128 cm³/mol. The van der Waals surface area contributed by atoms with E-state index in [0.29, 0.717) is 33.8 Å². The summed E-state index contributed by atoms with van der Waals surface area (Å²) in [4.78, 5) is 19.1. The number of fused-ring (bicyclic) bond motifs is 1. The lowest BCUT2D eigenvalue weighted by atomic mass is 10.1. The molecule has 0 saturated heterocycles. The molecule has 0 fully saturated rings. The van der Waals surface area contributed by atoms with Crippen LogP contribution in [-0.2, 0) is 6.54 Å². The highest BCUT2D eigenvalue weighted by atomic mass is 32.1. The molecule has 0 saturated carbocycles. The standard InChI is InChI=1S/C24H26N4O4S/c1-14(2)28-23-17(13-26-28)16(11-18(27-23)21-7-6-8-33-21)24(29)25-12-15-9-19(30-3)22(32-5)20(10-15)31-4/h6-11,13-14H,12H2,1-5H3,(H,25,29). The summed E-state index contributed by atoms with van der Waals surface area (Å²) in [5.41, 5.74) is 2.79. The molecule has 1 amide bonds. The Bertz CT molecular complexity index is 1260. The lowest BCUT2D eigenvalue weighted by Gasteiger charge is -2.15. The van der Waals surface area contributed by atoms with E-state index in [1.807, 2.05) is 54.2 Å². The molecular formula is C24H26N4O4S. The van der Waals surface area contributed by atoms with Crippen molar-refractivity contribution in [2.45, 2.75) is 26.4 Å². The van der Waals surface area contributed by atoms with E-state index in [2.05, 4.69) is 10.4 Å². The van der Waals surface area contributed by atoms with Crippen LogP contribution in [0.5, 0.6) is 17.2 Å². The maximum atomic E-state index is 13.3. The molecule has 1 N–H and O–H groups in total. The van der Waals surface area contributed by atoms with Crippen LogP contribution >= 0.6 is 11.3 Å². The minimum absolute atomic E-state index is 0.115. The van der Waals surface area contributed by atoms with Gasteiger partial charge in [0.15, 0.2) is 17.1 Å². The molecule has 9 heteroatoms. The van der Waals surface area contributed by atoms with Crippen molar-refractivity contribution in [2.24, 2.45) is 0 Å². The number of thiophene rings is 1. The Hall–Kier alpha value is -3.59. The summed E-state index contributed by atoms with van der Waals surface area (Å²) < 4.78 is 18.0. The van der Waals surface area contributed by atoms with Crippen LogP contribution in [0.4, 0.5) is 0 Å². The highest BCUT2D eigenvalue weighted by molar-refractivity contribution is 7.13. The van der Waals surface area contributed by atoms with Crippen molar-refractivity contribution < 1.29 is 19.0 Å². The van der Waals surface area contributed by atoms with Gasteiger partial charge in [0, 0.05) is 12.6 Å². The van der Waals surface area contributed by atoms with Crippen LogP contribution in [0, 0.1) is 0 Å². The third-order valence-corrected chi connectivity index (χ3v) is 6.14. The number of amides is 1. The Balaban J connectivity index is 1.69. The minimum Gasteiger partial charge on any atom is -0.493 e. The van der Waals surface area contributed by atoms with Gasteiger partial charge in [-0.05, 0) is 49.1 Å². The molecule has 8 nitrogen and oxygen atoms in total. The van der Waals surface area contributed by atoms with Gasteiger partial charge in [0.05, 0.1) is 49.0 Å². The largest absolute Gasteiger partial charge is 0.493 e. The fraction of sp³-hybridized carbons (Fsp3) is 0.292. The molecule has 3 heterocycles. The first-order valence-electron chi connectivity index (χ1n) is 10.5. The number of nitrogens with one attached hydrogen (secondary N) is 1. The first-order chi connectivity index (χ1) is 16.0. The van der Waals surface area contributed by atoms with Gasteiger partial charge >= 0.3 is 0 Å². The molecule has 4 rings (SSSR count). The number of pyridine rings is 1. The fourth-order valence-electron chi connectivity index (χ4n) is 3.65. The summed E-state index contributed by atoms with van der Waals surface area (Å²) in [6.07, 6.45) is 1.70. The van der Waals surface area contributed by atoms with Gasteiger partial charge in [-0.15, -0.1) is 11.3 Å². The third kappa shape index (κ3) is 4.36. The summed E-state index contributed by atoms with van der Waals surface area (Å²) in [7, 11) is 4.68. The maximum Gasteiger partial charge on any atom is 0.252 e. The van der Waals surface area contributed by atoms with Crippen molar-refractivity contribution in [1.82, 2.24) is 20.1 Å². The van der Waals surface area contributed by atoms with E-state index in [0.717, 1.165) is 16.1 Å². The Morgan fingerprint density at radius 3 is 2.42 bits per heavy atom. The van der Waals surface area contributed by atoms with Gasteiger partial charge < -0.3 is 19.5 Å². The maximum absolute atomic E-state index is 13.3. The van der Waals surface area contributed by atoms with Crippen molar-refractivity contribution in [2.75, 3.05) is 21.3 Å². The number of carbonyl (C=O) groups is 1. The molecule has 0 aliphatic carbocycles. The van der Waals surface area contributed by atoms with Crippen LogP contribution < -0.4 is 19.5 Å². The highest BCUT2D eigenvalue weighted by Crippen LogP contribution is 2.38. The second-order valence-corrected chi connectivity index (χ2v) is 8.62. The van der Waals surface area contributed by atoms with Gasteiger partial charge in [0.1, 0.15) is 0 Å². The Labute approximate surface area is 196 Å². The van der Waals surface area contributed by atoms with Gasteiger partial charge in [0.2, 0.25) is 5.75 Å². The first kappa shape index (κ1) is 22.6. The molecular weight excluding hydrogens is 440 g/mol. The highest BCUT2D eigenvalue weighted by Gasteiger charge is 2.19. The van der Waals surface area contributed by atoms with Crippen LogP contribution in [0.15, 0.2) is 41.9 Å². The van der Waals surface area contributed by atoms with E-state index in [1.165, 1.54) is 0 Å². The zero-order valence-corrected chi connectivity index (χ0v) is 20.0. The summed E-state index contributed by atoms with van der Waals surface area (Å²) >= 11 is 1.58. The Morgan fingerprint density at radius 1 is 1.12 bits per heavy atom. The van der Waals surface area contributed by atoms with E-state index >= 15 is 0 Å². The second kappa shape index (κ2) is 9.50. The van der Waals surface area contributed by atoms with E-state index in [-0.39, 0.29) is 18.5 Å². The van der Waals surface area contributed by atoms with Crippen LogP contribution in [-0.4, -0.2) is 42.0 Å². The number of methoxy groups -OCH3 is 3. The monoisotopic (exact) mass is 466 g/mol. The quantitative estimate of drug-likeness (QED) is 0.405. The van der Waals surface area contributed by atoms with Crippen molar-refractivity contribution in [3.8, 4) is 27.8 Å². The third-order valence-electron chi connectivity index (χ3n) is 5.25. The number of carbonyl (C=O) groups excluding carboxylic acids is 1. The fourth-order valence-corrected chi connectivity index (χ4v) is 4.34. The number of ether oxygens (including phenoxy) is 3. The summed E-state index contributed by atoms with van der Waals surface area (Å²) in [5, 5.41) is 10.2. The first-order valence-corrected chi connectivity index (χ1v) is 11.3. The molecule has 4 aromatic rings. The topological polar surface area (TPSA) is 87.5 Å². The summed E-state index contributed by atoms with van der Waals surface area (Å²) in [5.74, 6) is 1.36. The summed E-state index contributed by atoms with van der Waals surface area (Å²) in [6, 6.07) is 9.53. The smallest absolute Gasteiger partial charge is 0.252 e.